The van der Waals surface area contributed by atoms with Crippen molar-refractivity contribution in [2.24, 2.45) is 5.92 Å². The molecule has 0 saturated carbocycles. The van der Waals surface area contributed by atoms with Crippen LogP contribution >= 0.6 is 11.6 Å². The number of likely N-dealkylation sites (tertiary alicyclic amines) is 1. The second kappa shape index (κ2) is 5.74. The predicted molar refractivity (Wildman–Crippen MR) is 84.2 cm³/mol. The molecular formula is C16H22ClN3. The number of alkyl halides is 1. The summed E-state index contributed by atoms with van der Waals surface area (Å²) in [5.74, 6) is 2.21. The van der Waals surface area contributed by atoms with E-state index in [0.29, 0.717) is 11.8 Å². The van der Waals surface area contributed by atoms with Crippen LogP contribution in [-0.2, 0) is 12.4 Å². The number of benzene rings is 1. The van der Waals surface area contributed by atoms with Gasteiger partial charge in [-0.3, -0.25) is 0 Å². The van der Waals surface area contributed by atoms with Crippen LogP contribution in [0, 0.1) is 12.8 Å². The van der Waals surface area contributed by atoms with Gasteiger partial charge >= 0.3 is 0 Å². The second-order valence-electron chi connectivity index (χ2n) is 5.76. The number of fused-ring (bicyclic) bond motifs is 1. The maximum atomic E-state index is 6.10. The second-order valence-corrected chi connectivity index (χ2v) is 6.03. The Bertz CT molecular complexity index is 605. The van der Waals surface area contributed by atoms with Gasteiger partial charge in [0, 0.05) is 13.1 Å². The molecular weight excluding hydrogens is 270 g/mol. The van der Waals surface area contributed by atoms with Gasteiger partial charge in [-0.15, -0.1) is 11.6 Å². The van der Waals surface area contributed by atoms with Gasteiger partial charge in [-0.05, 0) is 44.0 Å². The zero-order chi connectivity index (χ0) is 14.1. The van der Waals surface area contributed by atoms with E-state index in [1.807, 2.05) is 0 Å². The third kappa shape index (κ3) is 2.45. The molecule has 0 amide bonds. The highest BCUT2D eigenvalue weighted by Gasteiger charge is 2.23. The zero-order valence-corrected chi connectivity index (χ0v) is 13.0. The summed E-state index contributed by atoms with van der Waals surface area (Å²) >= 11 is 6.10. The summed E-state index contributed by atoms with van der Waals surface area (Å²) in [6.45, 7) is 9.02. The summed E-state index contributed by atoms with van der Waals surface area (Å²) in [4.78, 5) is 7.22. The number of imidazole rings is 1. The van der Waals surface area contributed by atoms with Crippen molar-refractivity contribution >= 4 is 22.6 Å². The Morgan fingerprint density at radius 3 is 2.95 bits per heavy atom. The van der Waals surface area contributed by atoms with E-state index in [2.05, 4.69) is 41.5 Å². The Balaban J connectivity index is 1.94. The quantitative estimate of drug-likeness (QED) is 0.805. The highest BCUT2D eigenvalue weighted by Crippen LogP contribution is 2.25. The van der Waals surface area contributed by atoms with Crippen LogP contribution in [0.5, 0.6) is 0 Å². The maximum Gasteiger partial charge on any atom is 0.124 e. The van der Waals surface area contributed by atoms with Gasteiger partial charge in [-0.2, -0.15) is 0 Å². The lowest BCUT2D eigenvalue weighted by atomic mass is 10.1. The molecule has 1 aromatic carbocycles. The van der Waals surface area contributed by atoms with Gasteiger partial charge < -0.3 is 9.47 Å². The topological polar surface area (TPSA) is 21.1 Å². The molecule has 20 heavy (non-hydrogen) atoms. The molecule has 3 rings (SSSR count). The molecule has 1 aromatic heterocycles. The van der Waals surface area contributed by atoms with Crippen LogP contribution in [0.4, 0.5) is 0 Å². The fourth-order valence-corrected chi connectivity index (χ4v) is 3.52. The van der Waals surface area contributed by atoms with E-state index >= 15 is 0 Å². The number of nitrogens with zero attached hydrogens (tertiary/aromatic N) is 3. The van der Waals surface area contributed by atoms with E-state index < -0.39 is 0 Å². The van der Waals surface area contributed by atoms with Gasteiger partial charge in [-0.1, -0.05) is 19.1 Å². The molecule has 1 unspecified atom stereocenters. The van der Waals surface area contributed by atoms with Crippen LogP contribution in [0.3, 0.4) is 0 Å². The van der Waals surface area contributed by atoms with Gasteiger partial charge in [0.15, 0.2) is 0 Å². The summed E-state index contributed by atoms with van der Waals surface area (Å²) < 4.78 is 2.35. The first-order chi connectivity index (χ1) is 9.72. The maximum absolute atomic E-state index is 6.10. The number of aromatic nitrogens is 2. The standard InChI is InChI=1S/C16H22ClN3/c1-3-19-8-7-13(10-19)11-20-15(9-17)18-14-6-4-5-12(2)16(14)20/h4-6,13H,3,7-11H2,1-2H3. The number of halogens is 1. The molecule has 0 bridgehead atoms. The van der Waals surface area contributed by atoms with E-state index in [4.69, 9.17) is 16.6 Å². The first kappa shape index (κ1) is 13.9. The molecule has 1 saturated heterocycles. The lowest BCUT2D eigenvalue weighted by Crippen LogP contribution is -2.21. The van der Waals surface area contributed by atoms with Crippen molar-refractivity contribution < 1.29 is 0 Å². The fourth-order valence-electron chi connectivity index (χ4n) is 3.32. The van der Waals surface area contributed by atoms with Crippen molar-refractivity contribution in [2.75, 3.05) is 19.6 Å². The number of para-hydroxylation sites is 1. The normalized spacial score (nSPS) is 20.1. The van der Waals surface area contributed by atoms with E-state index in [9.17, 15) is 0 Å². The van der Waals surface area contributed by atoms with Crippen molar-refractivity contribution in [3.8, 4) is 0 Å². The smallest absolute Gasteiger partial charge is 0.124 e. The molecule has 3 nitrogen and oxygen atoms in total. The SMILES string of the molecule is CCN1CCC(Cn2c(CCl)nc3cccc(C)c32)C1. The van der Waals surface area contributed by atoms with Crippen LogP contribution in [-0.4, -0.2) is 34.1 Å². The number of hydrogen-bond donors (Lipinski definition) is 0. The van der Waals surface area contributed by atoms with Crippen LogP contribution in [0.15, 0.2) is 18.2 Å². The van der Waals surface area contributed by atoms with Crippen LogP contribution < -0.4 is 0 Å². The molecule has 1 aliphatic rings. The first-order valence-electron chi connectivity index (χ1n) is 7.46. The van der Waals surface area contributed by atoms with Crippen LogP contribution in [0.1, 0.15) is 24.7 Å². The molecule has 1 aliphatic heterocycles. The minimum Gasteiger partial charge on any atom is -0.326 e. The van der Waals surface area contributed by atoms with E-state index in [0.717, 1.165) is 24.4 Å². The number of rotatable bonds is 4. The Hall–Kier alpha value is -1.06. The van der Waals surface area contributed by atoms with Crippen molar-refractivity contribution in [3.05, 3.63) is 29.6 Å². The lowest BCUT2D eigenvalue weighted by molar-refractivity contribution is 0.333. The molecule has 0 radical (unpaired) electrons. The Morgan fingerprint density at radius 1 is 1.40 bits per heavy atom. The number of hydrogen-bond acceptors (Lipinski definition) is 2. The van der Waals surface area contributed by atoms with Crippen LogP contribution in [0.2, 0.25) is 0 Å². The summed E-state index contributed by atoms with van der Waals surface area (Å²) in [6.07, 6.45) is 1.28. The van der Waals surface area contributed by atoms with E-state index in [1.165, 1.54) is 30.6 Å². The average molecular weight is 292 g/mol. The van der Waals surface area contributed by atoms with Crippen molar-refractivity contribution in [3.63, 3.8) is 0 Å². The highest BCUT2D eigenvalue weighted by atomic mass is 35.5. The van der Waals surface area contributed by atoms with Crippen molar-refractivity contribution in [1.29, 1.82) is 0 Å². The summed E-state index contributed by atoms with van der Waals surface area (Å²) in [5, 5.41) is 0. The van der Waals surface area contributed by atoms with Crippen LogP contribution in [0.25, 0.3) is 11.0 Å². The molecule has 2 heterocycles. The minimum atomic E-state index is 0.484. The average Bonchev–Trinajstić information content (AvgIpc) is 3.04. The predicted octanol–water partition coefficient (Wildman–Crippen LogP) is 3.43. The fraction of sp³-hybridized carbons (Fsp3) is 0.562. The molecule has 0 N–H and O–H groups in total. The van der Waals surface area contributed by atoms with Gasteiger partial charge in [0.25, 0.3) is 0 Å². The summed E-state index contributed by atoms with van der Waals surface area (Å²) in [6, 6.07) is 6.31. The minimum absolute atomic E-state index is 0.484. The van der Waals surface area contributed by atoms with Crippen molar-refractivity contribution in [1.82, 2.24) is 14.5 Å². The molecule has 0 aliphatic carbocycles. The van der Waals surface area contributed by atoms with Gasteiger partial charge in [0.05, 0.1) is 16.9 Å². The molecule has 108 valence electrons. The van der Waals surface area contributed by atoms with Gasteiger partial charge in [-0.25, -0.2) is 4.98 Å². The highest BCUT2D eigenvalue weighted by molar-refractivity contribution is 6.16. The lowest BCUT2D eigenvalue weighted by Gasteiger charge is -2.16. The summed E-state index contributed by atoms with van der Waals surface area (Å²) in [5.41, 5.74) is 3.63. The molecule has 4 heteroatoms. The van der Waals surface area contributed by atoms with Gasteiger partial charge in [0.2, 0.25) is 0 Å². The van der Waals surface area contributed by atoms with E-state index in [-0.39, 0.29) is 0 Å². The Morgan fingerprint density at radius 2 is 2.25 bits per heavy atom. The third-order valence-electron chi connectivity index (χ3n) is 4.42. The molecule has 1 fully saturated rings. The number of aryl methyl sites for hydroxylation is 1. The Kier molecular flexibility index (Phi) is 3.99. The van der Waals surface area contributed by atoms with Crippen molar-refractivity contribution in [2.45, 2.75) is 32.7 Å². The summed E-state index contributed by atoms with van der Waals surface area (Å²) in [7, 11) is 0. The molecule has 0 spiro atoms. The first-order valence-corrected chi connectivity index (χ1v) is 7.99. The monoisotopic (exact) mass is 291 g/mol. The largest absolute Gasteiger partial charge is 0.326 e. The zero-order valence-electron chi connectivity index (χ0n) is 12.3. The Labute approximate surface area is 125 Å². The van der Waals surface area contributed by atoms with E-state index in [1.54, 1.807) is 0 Å². The van der Waals surface area contributed by atoms with Gasteiger partial charge in [0.1, 0.15) is 5.82 Å². The third-order valence-corrected chi connectivity index (χ3v) is 4.66. The molecule has 2 aromatic rings. The molecule has 1 atom stereocenters.